The molecule has 7 heteroatoms. The minimum atomic E-state index is -0.0831. The van der Waals surface area contributed by atoms with Crippen LogP contribution in [0.4, 0.5) is 5.69 Å². The van der Waals surface area contributed by atoms with Crippen LogP contribution in [0, 0.1) is 0 Å². The predicted octanol–water partition coefficient (Wildman–Crippen LogP) is 1.20. The largest absolute Gasteiger partial charge is 0.352 e. The summed E-state index contributed by atoms with van der Waals surface area (Å²) < 4.78 is 0. The van der Waals surface area contributed by atoms with Crippen molar-refractivity contribution in [2.24, 2.45) is 0 Å². The van der Waals surface area contributed by atoms with Gasteiger partial charge in [0, 0.05) is 32.7 Å². The first-order valence-corrected chi connectivity index (χ1v) is 8.33. The monoisotopic (exact) mass is 350 g/mol. The molecule has 6 nitrogen and oxygen atoms in total. The molecule has 2 amide bonds. The fourth-order valence-corrected chi connectivity index (χ4v) is 2.69. The number of para-hydroxylation sites is 1. The second kappa shape index (κ2) is 9.42. The van der Waals surface area contributed by atoms with Crippen LogP contribution in [0.25, 0.3) is 0 Å². The Balaban J connectivity index is 1.71. The summed E-state index contributed by atoms with van der Waals surface area (Å²) in [5, 5.41) is 6.12. The summed E-state index contributed by atoms with van der Waals surface area (Å²) in [6.07, 6.45) is 1.66. The van der Waals surface area contributed by atoms with Crippen LogP contribution in [0.1, 0.15) is 0 Å². The van der Waals surface area contributed by atoms with Gasteiger partial charge in [-0.1, -0.05) is 29.8 Å². The maximum absolute atomic E-state index is 12.1. The van der Waals surface area contributed by atoms with Gasteiger partial charge in [0.05, 0.1) is 23.8 Å². The van der Waals surface area contributed by atoms with E-state index in [0.717, 1.165) is 26.2 Å². The number of hydrogen-bond donors (Lipinski definition) is 2. The van der Waals surface area contributed by atoms with Crippen LogP contribution in [-0.2, 0) is 9.59 Å². The van der Waals surface area contributed by atoms with Gasteiger partial charge >= 0.3 is 0 Å². The molecule has 0 saturated carbocycles. The average molecular weight is 351 g/mol. The summed E-state index contributed by atoms with van der Waals surface area (Å²) >= 11 is 6.04. The third-order valence-corrected chi connectivity index (χ3v) is 4.12. The van der Waals surface area contributed by atoms with Crippen LogP contribution < -0.4 is 10.6 Å². The molecule has 1 aliphatic rings. The van der Waals surface area contributed by atoms with Crippen molar-refractivity contribution in [2.75, 3.05) is 51.1 Å². The first-order valence-electron chi connectivity index (χ1n) is 7.95. The summed E-state index contributed by atoms with van der Waals surface area (Å²) in [6, 6.07) is 7.17. The third-order valence-electron chi connectivity index (χ3n) is 3.79. The van der Waals surface area contributed by atoms with Crippen LogP contribution in [0.5, 0.6) is 0 Å². The lowest BCUT2D eigenvalue weighted by molar-refractivity contribution is -0.123. The Morgan fingerprint density at radius 3 is 2.25 bits per heavy atom. The van der Waals surface area contributed by atoms with Crippen molar-refractivity contribution in [2.45, 2.75) is 0 Å². The molecule has 24 heavy (non-hydrogen) atoms. The summed E-state index contributed by atoms with van der Waals surface area (Å²) in [5.74, 6) is -0.0833. The van der Waals surface area contributed by atoms with Gasteiger partial charge in [0.1, 0.15) is 0 Å². The van der Waals surface area contributed by atoms with Gasteiger partial charge in [0.2, 0.25) is 11.8 Å². The van der Waals surface area contributed by atoms with Gasteiger partial charge in [-0.2, -0.15) is 0 Å². The second-order valence-electron chi connectivity index (χ2n) is 5.67. The van der Waals surface area contributed by atoms with Crippen LogP contribution in [0.3, 0.4) is 0 Å². The molecular weight excluding hydrogens is 328 g/mol. The SMILES string of the molecule is C=CCNC(=O)CN1CCN(CC(=O)Nc2ccccc2Cl)CC1. The maximum Gasteiger partial charge on any atom is 0.238 e. The lowest BCUT2D eigenvalue weighted by Gasteiger charge is -2.33. The van der Waals surface area contributed by atoms with E-state index in [1.807, 2.05) is 12.1 Å². The lowest BCUT2D eigenvalue weighted by atomic mass is 10.3. The highest BCUT2D eigenvalue weighted by Gasteiger charge is 2.20. The highest BCUT2D eigenvalue weighted by Crippen LogP contribution is 2.20. The van der Waals surface area contributed by atoms with Crippen LogP contribution in [-0.4, -0.2) is 67.4 Å². The molecule has 0 radical (unpaired) electrons. The fraction of sp³-hybridized carbons (Fsp3) is 0.412. The predicted molar refractivity (Wildman–Crippen MR) is 96.2 cm³/mol. The van der Waals surface area contributed by atoms with Gasteiger partial charge in [0.15, 0.2) is 0 Å². The van der Waals surface area contributed by atoms with E-state index in [0.29, 0.717) is 30.3 Å². The quantitative estimate of drug-likeness (QED) is 0.725. The third kappa shape index (κ3) is 5.96. The zero-order valence-corrected chi connectivity index (χ0v) is 14.4. The summed E-state index contributed by atoms with van der Waals surface area (Å²) in [4.78, 5) is 27.9. The molecular formula is C17H23ClN4O2. The van der Waals surface area contributed by atoms with Crippen molar-refractivity contribution in [3.63, 3.8) is 0 Å². The van der Waals surface area contributed by atoms with Crippen molar-refractivity contribution in [3.05, 3.63) is 41.9 Å². The van der Waals surface area contributed by atoms with Gasteiger partial charge in [-0.05, 0) is 12.1 Å². The molecule has 1 fully saturated rings. The molecule has 0 bridgehead atoms. The van der Waals surface area contributed by atoms with Crippen LogP contribution >= 0.6 is 11.6 Å². The molecule has 130 valence electrons. The van der Waals surface area contributed by atoms with Crippen molar-refractivity contribution in [1.29, 1.82) is 0 Å². The summed E-state index contributed by atoms with van der Waals surface area (Å²) in [5.41, 5.74) is 0.627. The number of carbonyl (C=O) groups excluding carboxylic acids is 2. The number of amides is 2. The van der Waals surface area contributed by atoms with Gasteiger partial charge in [-0.3, -0.25) is 19.4 Å². The normalized spacial score (nSPS) is 15.7. The van der Waals surface area contributed by atoms with Gasteiger partial charge in [0.25, 0.3) is 0 Å². The van der Waals surface area contributed by atoms with Crippen molar-refractivity contribution < 1.29 is 9.59 Å². The zero-order valence-electron chi connectivity index (χ0n) is 13.6. The first kappa shape index (κ1) is 18.4. The molecule has 0 unspecified atom stereocenters. The van der Waals surface area contributed by atoms with Crippen molar-refractivity contribution >= 4 is 29.1 Å². The molecule has 2 rings (SSSR count). The number of nitrogens with zero attached hydrogens (tertiary/aromatic N) is 2. The van der Waals surface area contributed by atoms with Crippen molar-refractivity contribution in [3.8, 4) is 0 Å². The highest BCUT2D eigenvalue weighted by molar-refractivity contribution is 6.33. The minimum absolute atomic E-state index is 0.000174. The molecule has 0 atom stereocenters. The Hall–Kier alpha value is -1.89. The Morgan fingerprint density at radius 2 is 1.67 bits per heavy atom. The van der Waals surface area contributed by atoms with E-state index in [1.165, 1.54) is 0 Å². The standard InChI is InChI=1S/C17H23ClN4O2/c1-2-7-19-16(23)12-21-8-10-22(11-9-21)13-17(24)20-15-6-4-3-5-14(15)18/h2-6H,1,7-13H2,(H,19,23)(H,20,24). The number of piperazine rings is 1. The number of carbonyl (C=O) groups is 2. The van der Waals surface area contributed by atoms with Crippen LogP contribution in [0.15, 0.2) is 36.9 Å². The molecule has 1 saturated heterocycles. The van der Waals surface area contributed by atoms with Crippen molar-refractivity contribution in [1.82, 2.24) is 15.1 Å². The van der Waals surface area contributed by atoms with E-state index in [-0.39, 0.29) is 11.8 Å². The molecule has 0 spiro atoms. The van der Waals surface area contributed by atoms with E-state index < -0.39 is 0 Å². The van der Waals surface area contributed by atoms with E-state index in [9.17, 15) is 9.59 Å². The smallest absolute Gasteiger partial charge is 0.238 e. The molecule has 2 N–H and O–H groups in total. The molecule has 1 heterocycles. The van der Waals surface area contributed by atoms with E-state index in [4.69, 9.17) is 11.6 Å². The fourth-order valence-electron chi connectivity index (χ4n) is 2.51. The molecule has 1 aromatic rings. The number of hydrogen-bond acceptors (Lipinski definition) is 4. The van der Waals surface area contributed by atoms with Gasteiger partial charge < -0.3 is 10.6 Å². The molecule has 1 aliphatic heterocycles. The first-order chi connectivity index (χ1) is 11.6. The van der Waals surface area contributed by atoms with E-state index in [2.05, 4.69) is 27.0 Å². The van der Waals surface area contributed by atoms with Crippen LogP contribution in [0.2, 0.25) is 5.02 Å². The number of rotatable bonds is 7. The Morgan fingerprint density at radius 1 is 1.08 bits per heavy atom. The minimum Gasteiger partial charge on any atom is -0.352 e. The molecule has 1 aromatic carbocycles. The molecule has 0 aliphatic carbocycles. The number of benzene rings is 1. The highest BCUT2D eigenvalue weighted by atomic mass is 35.5. The zero-order chi connectivity index (χ0) is 17.4. The summed E-state index contributed by atoms with van der Waals surface area (Å²) in [6.45, 7) is 7.80. The Bertz CT molecular complexity index is 586. The number of anilines is 1. The number of nitrogens with one attached hydrogen (secondary N) is 2. The average Bonchev–Trinajstić information content (AvgIpc) is 2.57. The topological polar surface area (TPSA) is 64.7 Å². The van der Waals surface area contributed by atoms with E-state index >= 15 is 0 Å². The van der Waals surface area contributed by atoms with E-state index in [1.54, 1.807) is 18.2 Å². The number of halogens is 1. The maximum atomic E-state index is 12.1. The summed E-state index contributed by atoms with van der Waals surface area (Å²) in [7, 11) is 0. The van der Waals surface area contributed by atoms with Gasteiger partial charge in [-0.25, -0.2) is 0 Å². The molecule has 0 aromatic heterocycles. The Labute approximate surface area is 147 Å². The Kier molecular flexibility index (Phi) is 7.24. The lowest BCUT2D eigenvalue weighted by Crippen LogP contribution is -2.51. The van der Waals surface area contributed by atoms with Gasteiger partial charge in [-0.15, -0.1) is 6.58 Å². The second-order valence-corrected chi connectivity index (χ2v) is 6.08.